The maximum atomic E-state index is 12.7. The summed E-state index contributed by atoms with van der Waals surface area (Å²) < 4.78 is 11.0. The Morgan fingerprint density at radius 3 is 2.56 bits per heavy atom. The van der Waals surface area contributed by atoms with Gasteiger partial charge in [0.05, 0.1) is 22.7 Å². The third-order valence-electron chi connectivity index (χ3n) is 5.10. The average molecular weight is 372 g/mol. The molecule has 1 saturated carbocycles. The molecule has 2 N–H and O–H groups in total. The van der Waals surface area contributed by atoms with Crippen molar-refractivity contribution in [3.8, 4) is 5.75 Å². The van der Waals surface area contributed by atoms with E-state index >= 15 is 0 Å². The quantitative estimate of drug-likeness (QED) is 0.807. The largest absolute Gasteiger partial charge is 0.488 e. The van der Waals surface area contributed by atoms with E-state index in [1.807, 2.05) is 19.9 Å². The number of aliphatic carboxylic acids is 1. The van der Waals surface area contributed by atoms with E-state index < -0.39 is 5.97 Å². The Labute approximate surface area is 157 Å². The molecular weight excluding hydrogens is 348 g/mol. The number of hydrogen-bond acceptors (Lipinski definition) is 5. The molecular formula is C20H24N2O5. The molecule has 1 aliphatic carbocycles. The average Bonchev–Trinajstić information content (AvgIpc) is 2.98. The molecule has 0 aliphatic heterocycles. The molecule has 7 heteroatoms. The molecule has 2 aromatic rings. The van der Waals surface area contributed by atoms with Crippen LogP contribution in [0.3, 0.4) is 0 Å². The first kappa shape index (κ1) is 18.9. The van der Waals surface area contributed by atoms with Crippen molar-refractivity contribution in [2.75, 3.05) is 0 Å². The van der Waals surface area contributed by atoms with Gasteiger partial charge in [-0.15, -0.1) is 0 Å². The number of nitrogens with zero attached hydrogens (tertiary/aromatic N) is 1. The van der Waals surface area contributed by atoms with E-state index in [0.29, 0.717) is 42.8 Å². The van der Waals surface area contributed by atoms with Crippen molar-refractivity contribution in [1.29, 1.82) is 0 Å². The lowest BCUT2D eigenvalue weighted by Gasteiger charge is -2.27. The molecule has 0 saturated heterocycles. The predicted molar refractivity (Wildman–Crippen MR) is 97.6 cm³/mol. The summed E-state index contributed by atoms with van der Waals surface area (Å²) in [6, 6.07) is 7.08. The Morgan fingerprint density at radius 1 is 1.22 bits per heavy atom. The zero-order valence-corrected chi connectivity index (χ0v) is 15.5. The molecule has 0 unspecified atom stereocenters. The smallest absolute Gasteiger partial charge is 0.306 e. The van der Waals surface area contributed by atoms with Crippen LogP contribution >= 0.6 is 0 Å². The van der Waals surface area contributed by atoms with E-state index in [4.69, 9.17) is 14.4 Å². The number of aromatic nitrogens is 1. The minimum absolute atomic E-state index is 0.0104. The molecule has 0 radical (unpaired) electrons. The number of carbonyl (C=O) groups is 2. The molecule has 1 heterocycles. The lowest BCUT2D eigenvalue weighted by molar-refractivity contribution is -0.142. The molecule has 144 valence electrons. The second-order valence-corrected chi connectivity index (χ2v) is 6.95. The summed E-state index contributed by atoms with van der Waals surface area (Å²) >= 11 is 0. The summed E-state index contributed by atoms with van der Waals surface area (Å²) in [6.45, 7) is 3.95. The Bertz CT molecular complexity index is 802. The van der Waals surface area contributed by atoms with Crippen LogP contribution in [-0.2, 0) is 11.4 Å². The number of carboxylic acid groups (broad SMARTS) is 1. The summed E-state index contributed by atoms with van der Waals surface area (Å²) in [5, 5.41) is 16.0. The number of benzene rings is 1. The van der Waals surface area contributed by atoms with Crippen LogP contribution in [-0.4, -0.2) is 28.2 Å². The first-order valence-corrected chi connectivity index (χ1v) is 9.13. The van der Waals surface area contributed by atoms with Gasteiger partial charge in [-0.05, 0) is 51.7 Å². The van der Waals surface area contributed by atoms with Crippen LogP contribution in [0, 0.1) is 19.8 Å². The second-order valence-electron chi connectivity index (χ2n) is 6.95. The van der Waals surface area contributed by atoms with Gasteiger partial charge in [-0.1, -0.05) is 17.3 Å². The molecule has 1 aromatic heterocycles. The first-order valence-electron chi connectivity index (χ1n) is 9.13. The van der Waals surface area contributed by atoms with Crippen LogP contribution in [0.2, 0.25) is 0 Å². The van der Waals surface area contributed by atoms with E-state index in [9.17, 15) is 9.59 Å². The number of carbonyl (C=O) groups excluding carboxylic acids is 1. The summed E-state index contributed by atoms with van der Waals surface area (Å²) in [4.78, 5) is 23.8. The van der Waals surface area contributed by atoms with Crippen LogP contribution < -0.4 is 10.1 Å². The lowest BCUT2D eigenvalue weighted by atomic mass is 9.86. The maximum Gasteiger partial charge on any atom is 0.306 e. The van der Waals surface area contributed by atoms with Crippen molar-refractivity contribution in [2.45, 2.75) is 52.2 Å². The Balaban J connectivity index is 1.63. The number of ether oxygens (including phenoxy) is 1. The highest BCUT2D eigenvalue weighted by molar-refractivity contribution is 5.97. The predicted octanol–water partition coefficient (Wildman–Crippen LogP) is 3.24. The fourth-order valence-electron chi connectivity index (χ4n) is 3.39. The van der Waals surface area contributed by atoms with Crippen LogP contribution in [0.15, 0.2) is 28.8 Å². The molecule has 0 bridgehead atoms. The first-order chi connectivity index (χ1) is 13.0. The van der Waals surface area contributed by atoms with Crippen LogP contribution in [0.1, 0.15) is 53.1 Å². The highest BCUT2D eigenvalue weighted by Gasteiger charge is 2.27. The molecule has 3 rings (SSSR count). The van der Waals surface area contributed by atoms with Gasteiger partial charge in [0.2, 0.25) is 0 Å². The zero-order valence-electron chi connectivity index (χ0n) is 15.5. The van der Waals surface area contributed by atoms with Crippen LogP contribution in [0.4, 0.5) is 0 Å². The topological polar surface area (TPSA) is 102 Å². The summed E-state index contributed by atoms with van der Waals surface area (Å²) in [7, 11) is 0. The fourth-order valence-corrected chi connectivity index (χ4v) is 3.39. The Hall–Kier alpha value is -2.83. The van der Waals surface area contributed by atoms with Gasteiger partial charge >= 0.3 is 5.97 Å². The van der Waals surface area contributed by atoms with E-state index in [0.717, 1.165) is 11.3 Å². The summed E-state index contributed by atoms with van der Waals surface area (Å²) in [5.41, 5.74) is 2.10. The fraction of sp³-hybridized carbons (Fsp3) is 0.450. The third kappa shape index (κ3) is 4.48. The normalized spacial score (nSPS) is 19.5. The van der Waals surface area contributed by atoms with Crippen molar-refractivity contribution in [3.05, 3.63) is 46.8 Å². The van der Waals surface area contributed by atoms with Gasteiger partial charge in [0.25, 0.3) is 5.91 Å². The molecule has 27 heavy (non-hydrogen) atoms. The van der Waals surface area contributed by atoms with Gasteiger partial charge < -0.3 is 19.7 Å². The highest BCUT2D eigenvalue weighted by Crippen LogP contribution is 2.26. The molecule has 1 aliphatic rings. The number of para-hydroxylation sites is 1. The number of carboxylic acids is 1. The van der Waals surface area contributed by atoms with Gasteiger partial charge in [-0.2, -0.15) is 0 Å². The van der Waals surface area contributed by atoms with Crippen LogP contribution in [0.5, 0.6) is 5.75 Å². The number of nitrogens with one attached hydrogen (secondary N) is 1. The summed E-state index contributed by atoms with van der Waals surface area (Å²) in [5.74, 6) is -0.0661. The van der Waals surface area contributed by atoms with E-state index in [2.05, 4.69) is 10.5 Å². The van der Waals surface area contributed by atoms with E-state index in [1.165, 1.54) is 0 Å². The lowest BCUT2D eigenvalue weighted by Crippen LogP contribution is -2.38. The van der Waals surface area contributed by atoms with Gasteiger partial charge in [0.15, 0.2) is 0 Å². The zero-order chi connectivity index (χ0) is 19.4. The Kier molecular flexibility index (Phi) is 5.78. The molecule has 1 fully saturated rings. The second kappa shape index (κ2) is 8.24. The monoisotopic (exact) mass is 372 g/mol. The van der Waals surface area contributed by atoms with Crippen molar-refractivity contribution < 1.29 is 24.0 Å². The molecule has 1 amide bonds. The van der Waals surface area contributed by atoms with Crippen molar-refractivity contribution in [2.24, 2.45) is 5.92 Å². The van der Waals surface area contributed by atoms with Crippen LogP contribution in [0.25, 0.3) is 0 Å². The van der Waals surface area contributed by atoms with Crippen molar-refractivity contribution >= 4 is 11.9 Å². The van der Waals surface area contributed by atoms with Gasteiger partial charge in [-0.25, -0.2) is 0 Å². The molecule has 0 spiro atoms. The number of aryl methyl sites for hydroxylation is 2. The molecule has 0 atom stereocenters. The van der Waals surface area contributed by atoms with Gasteiger partial charge in [0.1, 0.15) is 18.1 Å². The molecule has 7 nitrogen and oxygen atoms in total. The Morgan fingerprint density at radius 2 is 1.93 bits per heavy atom. The van der Waals surface area contributed by atoms with Gasteiger partial charge in [-0.3, -0.25) is 9.59 Å². The van der Waals surface area contributed by atoms with Crippen molar-refractivity contribution in [1.82, 2.24) is 10.5 Å². The SMILES string of the molecule is Cc1noc(C)c1COc1ccccc1C(=O)NC1CCC(C(=O)O)CC1. The number of hydrogen-bond donors (Lipinski definition) is 2. The third-order valence-corrected chi connectivity index (χ3v) is 5.10. The highest BCUT2D eigenvalue weighted by atomic mass is 16.5. The summed E-state index contributed by atoms with van der Waals surface area (Å²) in [6.07, 6.45) is 2.52. The van der Waals surface area contributed by atoms with Crippen molar-refractivity contribution in [3.63, 3.8) is 0 Å². The maximum absolute atomic E-state index is 12.7. The minimum atomic E-state index is -0.752. The number of amides is 1. The number of rotatable bonds is 6. The van der Waals surface area contributed by atoms with E-state index in [-0.39, 0.29) is 24.5 Å². The van der Waals surface area contributed by atoms with Gasteiger partial charge in [0, 0.05) is 6.04 Å². The minimum Gasteiger partial charge on any atom is -0.488 e. The molecule has 1 aromatic carbocycles. The standard InChI is InChI=1S/C20H24N2O5/c1-12-17(13(2)27-22-12)11-26-18-6-4-3-5-16(18)19(23)21-15-9-7-14(8-10-15)20(24)25/h3-6,14-15H,7-11H2,1-2H3,(H,21,23)(H,24,25). The van der Waals surface area contributed by atoms with E-state index in [1.54, 1.807) is 18.2 Å².